The maximum Gasteiger partial charge on any atom is 0.330 e. The molecule has 0 unspecified atom stereocenters. The van der Waals surface area contributed by atoms with Crippen LogP contribution in [-0.2, 0) is 16.1 Å². The molecule has 154 valence electrons. The predicted molar refractivity (Wildman–Crippen MR) is 117 cm³/mol. The Morgan fingerprint density at radius 2 is 1.72 bits per heavy atom. The highest BCUT2D eigenvalue weighted by atomic mass is 16.5. The first kappa shape index (κ1) is 20.9. The highest BCUT2D eigenvalue weighted by molar-refractivity contribution is 5.88. The minimum absolute atomic E-state index is 0.194. The highest BCUT2D eigenvalue weighted by Gasteiger charge is 2.18. The number of piperazine rings is 1. The maximum atomic E-state index is 11.4. The molecule has 2 aromatic carbocycles. The fraction of sp³-hybridized carbons (Fsp3) is 0.375. The monoisotopic (exact) mass is 394 g/mol. The van der Waals surface area contributed by atoms with Crippen LogP contribution in [0.1, 0.15) is 25.0 Å². The van der Waals surface area contributed by atoms with Gasteiger partial charge in [0.15, 0.2) is 0 Å². The number of hydrogen-bond acceptors (Lipinski definition) is 5. The molecule has 3 rings (SSSR count). The molecule has 0 radical (unpaired) electrons. The summed E-state index contributed by atoms with van der Waals surface area (Å²) in [7, 11) is 1.39. The van der Waals surface area contributed by atoms with Crippen LogP contribution in [-0.4, -0.2) is 50.3 Å². The number of methoxy groups -OCH3 is 1. The third kappa shape index (κ3) is 6.09. The summed E-state index contributed by atoms with van der Waals surface area (Å²) in [5, 5.41) is 0. The van der Waals surface area contributed by atoms with Crippen molar-refractivity contribution >= 4 is 17.7 Å². The molecule has 0 N–H and O–H groups in total. The van der Waals surface area contributed by atoms with E-state index in [0.29, 0.717) is 0 Å². The molecule has 1 aliphatic heterocycles. The van der Waals surface area contributed by atoms with Crippen molar-refractivity contribution in [1.29, 1.82) is 0 Å². The second-order valence-corrected chi connectivity index (χ2v) is 7.49. The van der Waals surface area contributed by atoms with Crippen LogP contribution in [0.2, 0.25) is 0 Å². The molecule has 0 bridgehead atoms. The largest absolute Gasteiger partial charge is 0.491 e. The van der Waals surface area contributed by atoms with Crippen LogP contribution < -0.4 is 9.64 Å². The van der Waals surface area contributed by atoms with E-state index in [9.17, 15) is 4.79 Å². The number of benzene rings is 2. The van der Waals surface area contributed by atoms with Gasteiger partial charge in [0.2, 0.25) is 0 Å². The minimum atomic E-state index is -0.338. The molecule has 0 saturated carbocycles. The van der Waals surface area contributed by atoms with E-state index in [4.69, 9.17) is 9.47 Å². The van der Waals surface area contributed by atoms with Gasteiger partial charge in [0.25, 0.3) is 0 Å². The number of esters is 1. The fourth-order valence-electron chi connectivity index (χ4n) is 3.49. The minimum Gasteiger partial charge on any atom is -0.491 e. The summed E-state index contributed by atoms with van der Waals surface area (Å²) in [5.41, 5.74) is 3.49. The lowest BCUT2D eigenvalue weighted by atomic mass is 10.1. The summed E-state index contributed by atoms with van der Waals surface area (Å²) in [4.78, 5) is 16.3. The molecule has 0 atom stereocenters. The fourth-order valence-corrected chi connectivity index (χ4v) is 3.49. The molecule has 0 aliphatic carbocycles. The number of anilines is 1. The molecule has 1 fully saturated rings. The van der Waals surface area contributed by atoms with Crippen molar-refractivity contribution in [1.82, 2.24) is 4.90 Å². The molecule has 1 heterocycles. The number of rotatable bonds is 7. The Morgan fingerprint density at radius 3 is 2.38 bits per heavy atom. The van der Waals surface area contributed by atoms with Gasteiger partial charge in [0.1, 0.15) is 5.75 Å². The van der Waals surface area contributed by atoms with Crippen LogP contribution in [0.25, 0.3) is 6.08 Å². The molecule has 5 heteroatoms. The first-order valence-corrected chi connectivity index (χ1v) is 10.1. The zero-order valence-corrected chi connectivity index (χ0v) is 17.5. The topological polar surface area (TPSA) is 42.0 Å². The lowest BCUT2D eigenvalue weighted by Crippen LogP contribution is -2.46. The summed E-state index contributed by atoms with van der Waals surface area (Å²) in [6.45, 7) is 8.93. The van der Waals surface area contributed by atoms with Gasteiger partial charge in [-0.05, 0) is 49.2 Å². The zero-order chi connectivity index (χ0) is 20.6. The van der Waals surface area contributed by atoms with Crippen LogP contribution in [0, 0.1) is 0 Å². The van der Waals surface area contributed by atoms with Crippen LogP contribution in [0.3, 0.4) is 0 Å². The van der Waals surface area contributed by atoms with Gasteiger partial charge < -0.3 is 14.4 Å². The Labute approximate surface area is 173 Å². The first-order chi connectivity index (χ1) is 14.0. The zero-order valence-electron chi connectivity index (χ0n) is 17.5. The van der Waals surface area contributed by atoms with E-state index in [1.54, 1.807) is 0 Å². The Balaban J connectivity index is 1.57. The van der Waals surface area contributed by atoms with Crippen LogP contribution >= 0.6 is 0 Å². The number of para-hydroxylation sites is 1. The van der Waals surface area contributed by atoms with E-state index in [2.05, 4.69) is 40.1 Å². The SMILES string of the molecule is COC(=O)/C=C/c1ccccc1N1CCN(Cc2ccc(OC(C)C)cc2)CC1. The van der Waals surface area contributed by atoms with E-state index >= 15 is 0 Å². The molecule has 29 heavy (non-hydrogen) atoms. The van der Waals surface area contributed by atoms with E-state index < -0.39 is 0 Å². The molecule has 0 aromatic heterocycles. The van der Waals surface area contributed by atoms with Crippen molar-refractivity contribution in [3.8, 4) is 5.75 Å². The molecular formula is C24H30N2O3. The van der Waals surface area contributed by atoms with Crippen molar-refractivity contribution < 1.29 is 14.3 Å². The highest BCUT2D eigenvalue weighted by Crippen LogP contribution is 2.24. The van der Waals surface area contributed by atoms with E-state index in [1.165, 1.54) is 18.7 Å². The summed E-state index contributed by atoms with van der Waals surface area (Å²) in [6, 6.07) is 16.6. The number of hydrogen-bond donors (Lipinski definition) is 0. The van der Waals surface area contributed by atoms with Crippen molar-refractivity contribution in [3.63, 3.8) is 0 Å². The summed E-state index contributed by atoms with van der Waals surface area (Å²) >= 11 is 0. The Kier molecular flexibility index (Phi) is 7.30. The van der Waals surface area contributed by atoms with Gasteiger partial charge in [-0.1, -0.05) is 30.3 Å². The number of carbonyl (C=O) groups excluding carboxylic acids is 1. The van der Waals surface area contributed by atoms with Crippen LogP contribution in [0.15, 0.2) is 54.6 Å². The molecular weight excluding hydrogens is 364 g/mol. The van der Waals surface area contributed by atoms with Gasteiger partial charge in [0.05, 0.1) is 13.2 Å². The molecule has 5 nitrogen and oxygen atoms in total. The van der Waals surface area contributed by atoms with Gasteiger partial charge in [-0.2, -0.15) is 0 Å². The average molecular weight is 395 g/mol. The van der Waals surface area contributed by atoms with Gasteiger partial charge >= 0.3 is 5.97 Å². The van der Waals surface area contributed by atoms with Gasteiger partial charge in [-0.3, -0.25) is 4.90 Å². The average Bonchev–Trinajstić information content (AvgIpc) is 2.74. The maximum absolute atomic E-state index is 11.4. The lowest BCUT2D eigenvalue weighted by molar-refractivity contribution is -0.134. The first-order valence-electron chi connectivity index (χ1n) is 10.1. The second kappa shape index (κ2) is 10.1. The van der Waals surface area contributed by atoms with Gasteiger partial charge in [-0.15, -0.1) is 0 Å². The Hall–Kier alpha value is -2.79. The van der Waals surface area contributed by atoms with Crippen molar-refractivity contribution in [2.24, 2.45) is 0 Å². The molecule has 1 saturated heterocycles. The summed E-state index contributed by atoms with van der Waals surface area (Å²) in [5.74, 6) is 0.583. The van der Waals surface area contributed by atoms with E-state index in [0.717, 1.165) is 49.7 Å². The third-order valence-corrected chi connectivity index (χ3v) is 4.95. The van der Waals surface area contributed by atoms with E-state index in [-0.39, 0.29) is 12.1 Å². The summed E-state index contributed by atoms with van der Waals surface area (Å²) in [6.07, 6.45) is 3.50. The Bertz CT molecular complexity index is 822. The number of carbonyl (C=O) groups is 1. The number of ether oxygens (including phenoxy) is 2. The molecule has 0 amide bonds. The lowest BCUT2D eigenvalue weighted by Gasteiger charge is -2.36. The van der Waals surface area contributed by atoms with Gasteiger partial charge in [0, 0.05) is 44.5 Å². The smallest absolute Gasteiger partial charge is 0.330 e. The van der Waals surface area contributed by atoms with Crippen LogP contribution in [0.5, 0.6) is 5.75 Å². The van der Waals surface area contributed by atoms with Crippen molar-refractivity contribution in [2.75, 3.05) is 38.2 Å². The number of nitrogens with zero attached hydrogens (tertiary/aromatic N) is 2. The second-order valence-electron chi connectivity index (χ2n) is 7.49. The van der Waals surface area contributed by atoms with Crippen LogP contribution in [0.4, 0.5) is 5.69 Å². The van der Waals surface area contributed by atoms with Crippen molar-refractivity contribution in [2.45, 2.75) is 26.5 Å². The third-order valence-electron chi connectivity index (χ3n) is 4.95. The molecule has 2 aromatic rings. The Morgan fingerprint density at radius 1 is 1.03 bits per heavy atom. The quantitative estimate of drug-likeness (QED) is 0.525. The molecule has 1 aliphatic rings. The van der Waals surface area contributed by atoms with Crippen molar-refractivity contribution in [3.05, 3.63) is 65.7 Å². The molecule has 0 spiro atoms. The standard InChI is InChI=1S/C24H30N2O3/c1-19(2)29-22-11-8-20(9-12-22)18-25-14-16-26(17-15-25)23-7-5-4-6-21(23)10-13-24(27)28-3/h4-13,19H,14-18H2,1-3H3/b13-10+. The predicted octanol–water partition coefficient (Wildman–Crippen LogP) is 3.98. The normalized spacial score (nSPS) is 15.1. The van der Waals surface area contributed by atoms with Gasteiger partial charge in [-0.25, -0.2) is 4.79 Å². The van der Waals surface area contributed by atoms with E-state index in [1.807, 2.05) is 38.1 Å². The summed E-state index contributed by atoms with van der Waals surface area (Å²) < 4.78 is 10.4.